The van der Waals surface area contributed by atoms with E-state index < -0.39 is 5.82 Å². The van der Waals surface area contributed by atoms with E-state index in [0.29, 0.717) is 18.5 Å². The number of carbonyl (C=O) groups is 1. The van der Waals surface area contributed by atoms with Crippen molar-refractivity contribution in [1.82, 2.24) is 9.55 Å². The van der Waals surface area contributed by atoms with E-state index in [0.717, 1.165) is 28.3 Å². The van der Waals surface area contributed by atoms with Crippen LogP contribution in [0.25, 0.3) is 11.0 Å². The topological polar surface area (TPSA) is 66.9 Å². The van der Waals surface area contributed by atoms with Crippen LogP contribution in [0.2, 0.25) is 5.02 Å². The summed E-state index contributed by atoms with van der Waals surface area (Å²) in [7, 11) is 0. The van der Waals surface area contributed by atoms with Gasteiger partial charge in [0.2, 0.25) is 5.91 Å². The van der Waals surface area contributed by atoms with E-state index in [9.17, 15) is 14.0 Å². The van der Waals surface area contributed by atoms with Crippen molar-refractivity contribution < 1.29 is 9.18 Å². The van der Waals surface area contributed by atoms with Crippen LogP contribution in [0.4, 0.5) is 10.1 Å². The molecule has 0 aliphatic heterocycles. The van der Waals surface area contributed by atoms with Gasteiger partial charge in [0.15, 0.2) is 0 Å². The number of halogens is 3. The highest BCUT2D eigenvalue weighted by Crippen LogP contribution is 2.34. The summed E-state index contributed by atoms with van der Waals surface area (Å²) in [6.07, 6.45) is 2.79. The molecule has 0 radical (unpaired) electrons. The maximum absolute atomic E-state index is 13.6. The third-order valence-electron chi connectivity index (χ3n) is 5.32. The van der Waals surface area contributed by atoms with E-state index in [4.69, 9.17) is 11.6 Å². The lowest BCUT2D eigenvalue weighted by Crippen LogP contribution is -2.31. The Balaban J connectivity index is 1.45. The smallest absolute Gasteiger partial charge is 0.326 e. The average Bonchev–Trinajstić information content (AvgIpc) is 3.02. The summed E-state index contributed by atoms with van der Waals surface area (Å²) in [6, 6.07) is 9.99. The number of para-hydroxylation sites is 1. The minimum absolute atomic E-state index is 0.0225. The van der Waals surface area contributed by atoms with Gasteiger partial charge in [-0.1, -0.05) is 17.7 Å². The number of amides is 1. The van der Waals surface area contributed by atoms with Gasteiger partial charge in [0.05, 0.1) is 16.1 Å². The van der Waals surface area contributed by atoms with Gasteiger partial charge in [-0.3, -0.25) is 9.36 Å². The van der Waals surface area contributed by atoms with Crippen LogP contribution >= 0.6 is 27.5 Å². The monoisotopic (exact) mass is 465 g/mol. The van der Waals surface area contributed by atoms with Crippen LogP contribution in [0.1, 0.15) is 31.7 Å². The van der Waals surface area contributed by atoms with Crippen molar-refractivity contribution in [2.24, 2.45) is 5.92 Å². The summed E-state index contributed by atoms with van der Waals surface area (Å²) in [5.41, 5.74) is 1.92. The third-order valence-corrected chi connectivity index (χ3v) is 6.29. The molecule has 1 aliphatic carbocycles. The van der Waals surface area contributed by atoms with Gasteiger partial charge in [-0.05, 0) is 71.9 Å². The number of carbonyl (C=O) groups excluding carboxylic acids is 1. The zero-order chi connectivity index (χ0) is 19.8. The van der Waals surface area contributed by atoms with Gasteiger partial charge in [0, 0.05) is 22.1 Å². The van der Waals surface area contributed by atoms with Crippen LogP contribution in [-0.4, -0.2) is 15.5 Å². The maximum Gasteiger partial charge on any atom is 0.326 e. The van der Waals surface area contributed by atoms with Gasteiger partial charge >= 0.3 is 5.69 Å². The highest BCUT2D eigenvalue weighted by atomic mass is 79.9. The number of benzene rings is 2. The normalized spacial score (nSPS) is 19.7. The van der Waals surface area contributed by atoms with Crippen LogP contribution in [-0.2, 0) is 4.79 Å². The Kier molecular flexibility index (Phi) is 5.29. The summed E-state index contributed by atoms with van der Waals surface area (Å²) >= 11 is 9.14. The first-order valence-electron chi connectivity index (χ1n) is 9.08. The number of imidazole rings is 1. The molecule has 1 saturated carbocycles. The fourth-order valence-corrected chi connectivity index (χ4v) is 4.46. The molecular formula is C20H18BrClFN3O2. The van der Waals surface area contributed by atoms with Crippen molar-refractivity contribution in [2.45, 2.75) is 31.7 Å². The van der Waals surface area contributed by atoms with Crippen molar-refractivity contribution in [3.8, 4) is 0 Å². The molecule has 0 unspecified atom stereocenters. The molecule has 2 N–H and O–H groups in total. The van der Waals surface area contributed by atoms with Gasteiger partial charge in [-0.2, -0.15) is 0 Å². The van der Waals surface area contributed by atoms with E-state index in [1.54, 1.807) is 10.6 Å². The average molecular weight is 467 g/mol. The van der Waals surface area contributed by atoms with Crippen LogP contribution in [0.3, 0.4) is 0 Å². The number of nitrogens with one attached hydrogen (secondary N) is 2. The fourth-order valence-electron chi connectivity index (χ4n) is 3.89. The van der Waals surface area contributed by atoms with Crippen LogP contribution in [0.15, 0.2) is 45.7 Å². The molecule has 1 fully saturated rings. The summed E-state index contributed by atoms with van der Waals surface area (Å²) in [5.74, 6) is -0.857. The molecule has 1 aliphatic rings. The van der Waals surface area contributed by atoms with E-state index in [1.807, 2.05) is 18.2 Å². The Morgan fingerprint density at radius 3 is 2.68 bits per heavy atom. The number of aromatic nitrogens is 2. The van der Waals surface area contributed by atoms with Crippen molar-refractivity contribution in [1.29, 1.82) is 0 Å². The molecule has 1 heterocycles. The van der Waals surface area contributed by atoms with Gasteiger partial charge in [0.1, 0.15) is 5.82 Å². The SMILES string of the molecule is O=c1[nH]c2c(Br)cccc2n1[C@H]1CC[C@@H](C(=O)Nc2ccc(Cl)c(F)c2)CC1. The molecule has 28 heavy (non-hydrogen) atoms. The molecule has 0 spiro atoms. The number of hydrogen-bond acceptors (Lipinski definition) is 2. The van der Waals surface area contributed by atoms with Gasteiger partial charge in [-0.15, -0.1) is 0 Å². The summed E-state index contributed by atoms with van der Waals surface area (Å²) in [4.78, 5) is 27.9. The molecule has 3 aromatic rings. The van der Waals surface area contributed by atoms with E-state index in [2.05, 4.69) is 26.2 Å². The Bertz CT molecular complexity index is 1100. The van der Waals surface area contributed by atoms with Crippen LogP contribution < -0.4 is 11.0 Å². The molecule has 1 amide bonds. The number of anilines is 1. The minimum Gasteiger partial charge on any atom is -0.326 e. The van der Waals surface area contributed by atoms with Crippen molar-refractivity contribution in [3.05, 3.63) is 62.2 Å². The number of hydrogen-bond donors (Lipinski definition) is 2. The molecule has 5 nitrogen and oxygen atoms in total. The van der Waals surface area contributed by atoms with E-state index in [1.165, 1.54) is 12.1 Å². The lowest BCUT2D eigenvalue weighted by atomic mass is 9.85. The predicted molar refractivity (Wildman–Crippen MR) is 111 cm³/mol. The largest absolute Gasteiger partial charge is 0.326 e. The lowest BCUT2D eigenvalue weighted by molar-refractivity contribution is -0.121. The second-order valence-corrected chi connectivity index (χ2v) is 8.32. The number of fused-ring (bicyclic) bond motifs is 1. The molecule has 0 bridgehead atoms. The predicted octanol–water partition coefficient (Wildman–Crippen LogP) is 5.25. The fraction of sp³-hybridized carbons (Fsp3) is 0.300. The second-order valence-electron chi connectivity index (χ2n) is 7.06. The molecule has 4 rings (SSSR count). The van der Waals surface area contributed by atoms with Crippen molar-refractivity contribution in [3.63, 3.8) is 0 Å². The van der Waals surface area contributed by atoms with Crippen molar-refractivity contribution in [2.75, 3.05) is 5.32 Å². The van der Waals surface area contributed by atoms with Crippen molar-refractivity contribution >= 4 is 50.2 Å². The lowest BCUT2D eigenvalue weighted by Gasteiger charge is -2.28. The van der Waals surface area contributed by atoms with Gasteiger partial charge in [-0.25, -0.2) is 9.18 Å². The first-order chi connectivity index (χ1) is 13.4. The standard InChI is InChI=1S/C20H18BrClFN3O2/c21-14-2-1-3-17-18(14)25-20(28)26(17)13-7-4-11(5-8-13)19(27)24-12-6-9-15(22)16(23)10-12/h1-3,6,9-11,13H,4-5,7-8H2,(H,24,27)(H,25,28)/t11-,13+. The maximum atomic E-state index is 13.6. The first-order valence-corrected chi connectivity index (χ1v) is 10.3. The number of nitrogens with zero attached hydrogens (tertiary/aromatic N) is 1. The zero-order valence-corrected chi connectivity index (χ0v) is 17.2. The minimum atomic E-state index is -0.562. The zero-order valence-electron chi connectivity index (χ0n) is 14.8. The first kappa shape index (κ1) is 19.2. The summed E-state index contributed by atoms with van der Waals surface area (Å²) in [5, 5.41) is 2.78. The van der Waals surface area contributed by atoms with E-state index >= 15 is 0 Å². The molecule has 2 aromatic carbocycles. The van der Waals surface area contributed by atoms with Crippen LogP contribution in [0.5, 0.6) is 0 Å². The molecule has 0 atom stereocenters. The molecule has 146 valence electrons. The number of H-pyrrole nitrogens is 1. The molecule has 8 heteroatoms. The van der Waals surface area contributed by atoms with E-state index in [-0.39, 0.29) is 28.6 Å². The Morgan fingerprint density at radius 1 is 1.21 bits per heavy atom. The summed E-state index contributed by atoms with van der Waals surface area (Å²) < 4.78 is 16.2. The van der Waals surface area contributed by atoms with Gasteiger partial charge < -0.3 is 10.3 Å². The Morgan fingerprint density at radius 2 is 1.96 bits per heavy atom. The Hall–Kier alpha value is -2.12. The number of rotatable bonds is 3. The van der Waals surface area contributed by atoms with Crippen LogP contribution in [0, 0.1) is 11.7 Å². The summed E-state index contributed by atoms with van der Waals surface area (Å²) in [6.45, 7) is 0. The second kappa shape index (κ2) is 7.72. The quantitative estimate of drug-likeness (QED) is 0.553. The molecule has 1 aromatic heterocycles. The highest BCUT2D eigenvalue weighted by Gasteiger charge is 2.29. The Labute approximate surface area is 174 Å². The third kappa shape index (κ3) is 3.61. The highest BCUT2D eigenvalue weighted by molar-refractivity contribution is 9.10. The number of aromatic amines is 1. The molecule has 0 saturated heterocycles. The molecular weight excluding hydrogens is 449 g/mol. The van der Waals surface area contributed by atoms with Gasteiger partial charge in [0.25, 0.3) is 0 Å².